The molecule has 0 aliphatic carbocycles. The van der Waals surface area contributed by atoms with Crippen LogP contribution >= 0.6 is 0 Å². The molecule has 0 saturated carbocycles. The Morgan fingerprint density at radius 2 is 2.30 bits per heavy atom. The van der Waals surface area contributed by atoms with Gasteiger partial charge in [0.25, 0.3) is 5.91 Å². The lowest BCUT2D eigenvalue weighted by Crippen LogP contribution is -2.30. The standard InChI is InChI=1S/C7H9NO2/c1-5-3-7(10)8(4-5)6(2)9/h3H,4H2,1-2H3. The maximum absolute atomic E-state index is 10.9. The molecule has 0 fully saturated rings. The summed E-state index contributed by atoms with van der Waals surface area (Å²) >= 11 is 0. The highest BCUT2D eigenvalue weighted by atomic mass is 16.2. The topological polar surface area (TPSA) is 37.4 Å². The van der Waals surface area contributed by atoms with Gasteiger partial charge in [-0.25, -0.2) is 0 Å². The Bertz CT molecular complexity index is 218. The van der Waals surface area contributed by atoms with Gasteiger partial charge in [-0.15, -0.1) is 0 Å². The van der Waals surface area contributed by atoms with Crippen LogP contribution in [0.4, 0.5) is 0 Å². The molecule has 1 heterocycles. The number of imide groups is 1. The fourth-order valence-electron chi connectivity index (χ4n) is 0.928. The molecule has 1 aliphatic heterocycles. The molecule has 0 unspecified atom stereocenters. The van der Waals surface area contributed by atoms with E-state index in [-0.39, 0.29) is 11.8 Å². The lowest BCUT2D eigenvalue weighted by Gasteiger charge is -2.09. The molecule has 54 valence electrons. The van der Waals surface area contributed by atoms with E-state index >= 15 is 0 Å². The number of amides is 2. The molecular formula is C7H9NO2. The zero-order valence-corrected chi connectivity index (χ0v) is 6.05. The second-order valence-electron chi connectivity index (χ2n) is 2.43. The molecule has 0 bridgehead atoms. The summed E-state index contributed by atoms with van der Waals surface area (Å²) in [7, 11) is 0. The molecule has 1 aliphatic rings. The normalized spacial score (nSPS) is 17.6. The quantitative estimate of drug-likeness (QED) is 0.484. The van der Waals surface area contributed by atoms with Crippen molar-refractivity contribution >= 4 is 11.8 Å². The summed E-state index contributed by atoms with van der Waals surface area (Å²) in [6.45, 7) is 3.69. The van der Waals surface area contributed by atoms with Crippen molar-refractivity contribution in [3.05, 3.63) is 11.6 Å². The van der Waals surface area contributed by atoms with Crippen molar-refractivity contribution in [3.63, 3.8) is 0 Å². The van der Waals surface area contributed by atoms with Gasteiger partial charge >= 0.3 is 0 Å². The molecule has 10 heavy (non-hydrogen) atoms. The van der Waals surface area contributed by atoms with Crippen LogP contribution in [0.25, 0.3) is 0 Å². The molecule has 0 saturated heterocycles. The predicted octanol–water partition coefficient (Wildman–Crippen LogP) is 0.321. The molecule has 1 rings (SSSR count). The monoisotopic (exact) mass is 139 g/mol. The third kappa shape index (κ3) is 1.07. The summed E-state index contributed by atoms with van der Waals surface area (Å²) in [5, 5.41) is 0. The molecule has 0 radical (unpaired) electrons. The van der Waals surface area contributed by atoms with Crippen molar-refractivity contribution in [2.24, 2.45) is 0 Å². The summed E-state index contributed by atoms with van der Waals surface area (Å²) < 4.78 is 0. The third-order valence-corrected chi connectivity index (χ3v) is 1.42. The molecule has 0 aromatic heterocycles. The Morgan fingerprint density at radius 1 is 1.70 bits per heavy atom. The van der Waals surface area contributed by atoms with Crippen molar-refractivity contribution in [2.45, 2.75) is 13.8 Å². The molecule has 3 nitrogen and oxygen atoms in total. The third-order valence-electron chi connectivity index (χ3n) is 1.42. The van der Waals surface area contributed by atoms with Gasteiger partial charge in [0, 0.05) is 13.0 Å². The Hall–Kier alpha value is -1.12. The first-order chi connectivity index (χ1) is 4.61. The number of hydrogen-bond acceptors (Lipinski definition) is 2. The van der Waals surface area contributed by atoms with E-state index in [2.05, 4.69) is 0 Å². The molecule has 0 atom stereocenters. The maximum atomic E-state index is 10.9. The van der Waals surface area contributed by atoms with E-state index in [0.29, 0.717) is 6.54 Å². The van der Waals surface area contributed by atoms with Crippen LogP contribution in [0.1, 0.15) is 13.8 Å². The van der Waals surface area contributed by atoms with Crippen molar-refractivity contribution in [1.29, 1.82) is 0 Å². The average molecular weight is 139 g/mol. The average Bonchev–Trinajstić information content (AvgIpc) is 2.10. The number of rotatable bonds is 0. The summed E-state index contributed by atoms with van der Waals surface area (Å²) in [5.74, 6) is -0.372. The van der Waals surface area contributed by atoms with Crippen LogP contribution in [0.5, 0.6) is 0 Å². The summed E-state index contributed by atoms with van der Waals surface area (Å²) in [6.07, 6.45) is 1.49. The SMILES string of the molecule is CC(=O)N1CC(C)=CC1=O. The van der Waals surface area contributed by atoms with Crippen LogP contribution < -0.4 is 0 Å². The van der Waals surface area contributed by atoms with Gasteiger partial charge in [-0.05, 0) is 12.5 Å². The van der Waals surface area contributed by atoms with Gasteiger partial charge in [0.1, 0.15) is 0 Å². The molecule has 0 aromatic carbocycles. The minimum atomic E-state index is -0.190. The van der Waals surface area contributed by atoms with Gasteiger partial charge in [-0.1, -0.05) is 0 Å². The fraction of sp³-hybridized carbons (Fsp3) is 0.429. The molecule has 2 amide bonds. The van der Waals surface area contributed by atoms with E-state index in [1.54, 1.807) is 0 Å². The van der Waals surface area contributed by atoms with Crippen molar-refractivity contribution < 1.29 is 9.59 Å². The van der Waals surface area contributed by atoms with E-state index < -0.39 is 0 Å². The number of carbonyl (C=O) groups excluding carboxylic acids is 2. The van der Waals surface area contributed by atoms with E-state index in [1.807, 2.05) is 6.92 Å². The molecule has 0 N–H and O–H groups in total. The first-order valence-electron chi connectivity index (χ1n) is 3.10. The van der Waals surface area contributed by atoms with Gasteiger partial charge < -0.3 is 0 Å². The lowest BCUT2D eigenvalue weighted by atomic mass is 10.3. The first-order valence-corrected chi connectivity index (χ1v) is 3.10. The minimum absolute atomic E-state index is 0.182. The smallest absolute Gasteiger partial charge is 0.253 e. The van der Waals surface area contributed by atoms with Gasteiger partial charge in [0.15, 0.2) is 0 Å². The Labute approximate surface area is 59.3 Å². The van der Waals surface area contributed by atoms with Crippen LogP contribution in [-0.4, -0.2) is 23.3 Å². The van der Waals surface area contributed by atoms with Crippen LogP contribution in [0.3, 0.4) is 0 Å². The van der Waals surface area contributed by atoms with Gasteiger partial charge in [0.05, 0.1) is 6.54 Å². The molecule has 0 aromatic rings. The number of nitrogens with zero attached hydrogens (tertiary/aromatic N) is 1. The Balaban J connectivity index is 2.73. The highest BCUT2D eigenvalue weighted by Gasteiger charge is 2.21. The highest BCUT2D eigenvalue weighted by molar-refractivity contribution is 6.02. The van der Waals surface area contributed by atoms with E-state index in [4.69, 9.17) is 0 Å². The number of hydrogen-bond donors (Lipinski definition) is 0. The second kappa shape index (κ2) is 2.25. The Morgan fingerprint density at radius 3 is 2.50 bits per heavy atom. The number of carbonyl (C=O) groups is 2. The molecule has 3 heteroatoms. The van der Waals surface area contributed by atoms with E-state index in [1.165, 1.54) is 17.9 Å². The van der Waals surface area contributed by atoms with Gasteiger partial charge in [-0.3, -0.25) is 14.5 Å². The summed E-state index contributed by atoms with van der Waals surface area (Å²) in [4.78, 5) is 22.7. The largest absolute Gasteiger partial charge is 0.275 e. The molecular weight excluding hydrogens is 130 g/mol. The van der Waals surface area contributed by atoms with Crippen molar-refractivity contribution in [3.8, 4) is 0 Å². The van der Waals surface area contributed by atoms with Gasteiger partial charge in [-0.2, -0.15) is 0 Å². The first kappa shape index (κ1) is 6.99. The lowest BCUT2D eigenvalue weighted by molar-refractivity contribution is -0.138. The Kier molecular flexibility index (Phi) is 1.57. The second-order valence-corrected chi connectivity index (χ2v) is 2.43. The van der Waals surface area contributed by atoms with Gasteiger partial charge in [0.2, 0.25) is 5.91 Å². The molecule has 0 spiro atoms. The van der Waals surface area contributed by atoms with Crippen LogP contribution in [0.2, 0.25) is 0 Å². The van der Waals surface area contributed by atoms with Crippen LogP contribution in [0.15, 0.2) is 11.6 Å². The summed E-state index contributed by atoms with van der Waals surface area (Å²) in [6, 6.07) is 0. The zero-order valence-electron chi connectivity index (χ0n) is 6.05. The van der Waals surface area contributed by atoms with E-state index in [0.717, 1.165) is 5.57 Å². The van der Waals surface area contributed by atoms with Crippen LogP contribution in [-0.2, 0) is 9.59 Å². The van der Waals surface area contributed by atoms with E-state index in [9.17, 15) is 9.59 Å². The summed E-state index contributed by atoms with van der Waals surface area (Å²) in [5.41, 5.74) is 0.945. The van der Waals surface area contributed by atoms with Crippen molar-refractivity contribution in [2.75, 3.05) is 6.54 Å². The minimum Gasteiger partial charge on any atom is -0.275 e. The predicted molar refractivity (Wildman–Crippen MR) is 36.2 cm³/mol. The zero-order chi connectivity index (χ0) is 7.72. The van der Waals surface area contributed by atoms with Crippen LogP contribution in [0, 0.1) is 0 Å². The maximum Gasteiger partial charge on any atom is 0.253 e. The van der Waals surface area contributed by atoms with Crippen molar-refractivity contribution in [1.82, 2.24) is 4.90 Å². The highest BCUT2D eigenvalue weighted by Crippen LogP contribution is 2.08. The fourth-order valence-corrected chi connectivity index (χ4v) is 0.928.